The maximum Gasteiger partial charge on any atom is 0.123 e. The van der Waals surface area contributed by atoms with Crippen LogP contribution < -0.4 is 0 Å². The van der Waals surface area contributed by atoms with E-state index in [1.54, 1.807) is 12.1 Å². The Kier molecular flexibility index (Phi) is 3.11. The molecule has 4 heteroatoms. The minimum Gasteiger partial charge on any atom is -0.292 e. The molecule has 0 unspecified atom stereocenters. The van der Waals surface area contributed by atoms with Gasteiger partial charge in [-0.25, -0.2) is 4.39 Å². The Morgan fingerprint density at radius 1 is 1.32 bits per heavy atom. The third-order valence-electron chi connectivity index (χ3n) is 4.03. The van der Waals surface area contributed by atoms with Gasteiger partial charge in [-0.2, -0.15) is 5.10 Å². The number of aryl methyl sites for hydroxylation is 2. The fourth-order valence-corrected chi connectivity index (χ4v) is 2.70. The molecule has 1 aromatic heterocycles. The van der Waals surface area contributed by atoms with Crippen LogP contribution in [0.4, 0.5) is 4.39 Å². The molecule has 1 N–H and O–H groups in total. The van der Waals surface area contributed by atoms with Gasteiger partial charge in [0.05, 0.1) is 5.69 Å². The van der Waals surface area contributed by atoms with Crippen molar-refractivity contribution in [3.8, 4) is 0 Å². The first kappa shape index (κ1) is 12.4. The summed E-state index contributed by atoms with van der Waals surface area (Å²) in [7, 11) is 0. The van der Waals surface area contributed by atoms with Crippen molar-refractivity contribution in [2.75, 3.05) is 6.54 Å². The van der Waals surface area contributed by atoms with E-state index in [0.717, 1.165) is 30.9 Å². The van der Waals surface area contributed by atoms with Crippen molar-refractivity contribution in [2.24, 2.45) is 0 Å². The van der Waals surface area contributed by atoms with Gasteiger partial charge in [-0.3, -0.25) is 10.00 Å². The van der Waals surface area contributed by atoms with Crippen molar-refractivity contribution in [3.05, 3.63) is 52.6 Å². The highest BCUT2D eigenvalue weighted by molar-refractivity contribution is 5.26. The van der Waals surface area contributed by atoms with Crippen molar-refractivity contribution < 1.29 is 4.39 Å². The number of hydrogen-bond acceptors (Lipinski definition) is 2. The normalized spacial score (nSPS) is 19.4. The summed E-state index contributed by atoms with van der Waals surface area (Å²) in [5.41, 5.74) is 4.70. The van der Waals surface area contributed by atoms with Crippen molar-refractivity contribution in [2.45, 2.75) is 32.9 Å². The van der Waals surface area contributed by atoms with Crippen LogP contribution in [-0.2, 0) is 6.54 Å². The van der Waals surface area contributed by atoms with Crippen LogP contribution in [0.25, 0.3) is 0 Å². The van der Waals surface area contributed by atoms with Crippen LogP contribution in [0, 0.1) is 19.7 Å². The predicted molar refractivity (Wildman–Crippen MR) is 72.2 cm³/mol. The number of halogens is 1. The third-order valence-corrected chi connectivity index (χ3v) is 4.03. The minimum atomic E-state index is -0.170. The maximum atomic E-state index is 13.0. The third kappa shape index (κ3) is 2.28. The van der Waals surface area contributed by atoms with Crippen LogP contribution in [0.2, 0.25) is 0 Å². The van der Waals surface area contributed by atoms with Gasteiger partial charge in [-0.15, -0.1) is 0 Å². The summed E-state index contributed by atoms with van der Waals surface area (Å²) >= 11 is 0. The van der Waals surface area contributed by atoms with Crippen LogP contribution in [0.5, 0.6) is 0 Å². The van der Waals surface area contributed by atoms with E-state index in [2.05, 4.69) is 22.0 Å². The molecule has 0 bridgehead atoms. The molecule has 1 aliphatic rings. The summed E-state index contributed by atoms with van der Waals surface area (Å²) in [5.74, 6) is -0.170. The SMILES string of the molecule is Cc1n[nH]c(C)c1CN1CC[C@@H]1c1ccc(F)cc1. The van der Waals surface area contributed by atoms with Crippen LogP contribution >= 0.6 is 0 Å². The van der Waals surface area contributed by atoms with Gasteiger partial charge in [-0.1, -0.05) is 12.1 Å². The Bertz CT molecular complexity index is 554. The number of aromatic amines is 1. The second kappa shape index (κ2) is 4.78. The predicted octanol–water partition coefficient (Wildman–Crippen LogP) is 3.11. The van der Waals surface area contributed by atoms with Crippen molar-refractivity contribution in [1.82, 2.24) is 15.1 Å². The average Bonchev–Trinajstić information content (AvgIpc) is 2.68. The number of rotatable bonds is 3. The lowest BCUT2D eigenvalue weighted by Crippen LogP contribution is -2.40. The molecule has 1 aliphatic heterocycles. The van der Waals surface area contributed by atoms with Crippen molar-refractivity contribution >= 4 is 0 Å². The Hall–Kier alpha value is -1.68. The molecular weight excluding hydrogens is 241 g/mol. The van der Waals surface area contributed by atoms with E-state index in [4.69, 9.17) is 0 Å². The summed E-state index contributed by atoms with van der Waals surface area (Å²) in [6.45, 7) is 6.09. The second-order valence-electron chi connectivity index (χ2n) is 5.24. The minimum absolute atomic E-state index is 0.170. The van der Waals surface area contributed by atoms with Gasteiger partial charge in [0, 0.05) is 30.4 Å². The molecule has 19 heavy (non-hydrogen) atoms. The highest BCUT2D eigenvalue weighted by atomic mass is 19.1. The zero-order valence-corrected chi connectivity index (χ0v) is 11.3. The summed E-state index contributed by atoms with van der Waals surface area (Å²) < 4.78 is 13.0. The highest BCUT2D eigenvalue weighted by Crippen LogP contribution is 2.35. The Labute approximate surface area is 112 Å². The molecule has 100 valence electrons. The van der Waals surface area contributed by atoms with Crippen molar-refractivity contribution in [3.63, 3.8) is 0 Å². The smallest absolute Gasteiger partial charge is 0.123 e. The van der Waals surface area contributed by atoms with E-state index >= 15 is 0 Å². The number of nitrogens with one attached hydrogen (secondary N) is 1. The largest absolute Gasteiger partial charge is 0.292 e. The maximum absolute atomic E-state index is 13.0. The summed E-state index contributed by atoms with van der Waals surface area (Å²) in [4.78, 5) is 2.41. The zero-order valence-electron chi connectivity index (χ0n) is 11.3. The lowest BCUT2D eigenvalue weighted by molar-refractivity contribution is 0.0814. The Morgan fingerprint density at radius 2 is 2.05 bits per heavy atom. The van der Waals surface area contributed by atoms with Gasteiger partial charge in [-0.05, 0) is 38.0 Å². The standard InChI is InChI=1S/C15H18FN3/c1-10-14(11(2)18-17-10)9-19-8-7-15(19)12-3-5-13(16)6-4-12/h3-6,15H,7-9H2,1-2H3,(H,17,18)/t15-/m1/s1. The Morgan fingerprint density at radius 3 is 2.58 bits per heavy atom. The van der Waals surface area contributed by atoms with Gasteiger partial charge >= 0.3 is 0 Å². The summed E-state index contributed by atoms with van der Waals surface area (Å²) in [5, 5.41) is 7.26. The highest BCUT2D eigenvalue weighted by Gasteiger charge is 2.30. The molecule has 0 spiro atoms. The molecule has 3 nitrogen and oxygen atoms in total. The molecule has 0 radical (unpaired) electrons. The molecule has 0 amide bonds. The second-order valence-corrected chi connectivity index (χ2v) is 5.24. The topological polar surface area (TPSA) is 31.9 Å². The van der Waals surface area contributed by atoms with Gasteiger partial charge in [0.15, 0.2) is 0 Å². The van der Waals surface area contributed by atoms with Crippen LogP contribution in [0.1, 0.15) is 35.0 Å². The number of H-pyrrole nitrogens is 1. The fraction of sp³-hybridized carbons (Fsp3) is 0.400. The lowest BCUT2D eigenvalue weighted by atomic mass is 9.94. The van der Waals surface area contributed by atoms with E-state index in [1.165, 1.54) is 11.1 Å². The number of likely N-dealkylation sites (tertiary alicyclic amines) is 1. The molecule has 0 aliphatic carbocycles. The van der Waals surface area contributed by atoms with E-state index in [1.807, 2.05) is 19.1 Å². The average molecular weight is 259 g/mol. The van der Waals surface area contributed by atoms with Crippen molar-refractivity contribution in [1.29, 1.82) is 0 Å². The van der Waals surface area contributed by atoms with E-state index in [0.29, 0.717) is 6.04 Å². The lowest BCUT2D eigenvalue weighted by Gasteiger charge is -2.41. The summed E-state index contributed by atoms with van der Waals surface area (Å²) in [6.07, 6.45) is 1.14. The van der Waals surface area contributed by atoms with Crippen LogP contribution in [0.3, 0.4) is 0 Å². The van der Waals surface area contributed by atoms with Gasteiger partial charge < -0.3 is 0 Å². The molecule has 0 saturated carbocycles. The van der Waals surface area contributed by atoms with Gasteiger partial charge in [0.25, 0.3) is 0 Å². The number of nitrogens with zero attached hydrogens (tertiary/aromatic N) is 2. The monoisotopic (exact) mass is 259 g/mol. The molecule has 2 aromatic rings. The first-order valence-electron chi connectivity index (χ1n) is 6.65. The van der Waals surface area contributed by atoms with Gasteiger partial charge in [0.2, 0.25) is 0 Å². The quantitative estimate of drug-likeness (QED) is 0.918. The van der Waals surface area contributed by atoms with Crippen LogP contribution in [-0.4, -0.2) is 21.6 Å². The number of aromatic nitrogens is 2. The zero-order chi connectivity index (χ0) is 13.4. The molecule has 3 rings (SSSR count). The molecule has 1 saturated heterocycles. The first-order chi connectivity index (χ1) is 9.15. The molecule has 1 atom stereocenters. The van der Waals surface area contributed by atoms with Crippen LogP contribution in [0.15, 0.2) is 24.3 Å². The Balaban J connectivity index is 1.75. The first-order valence-corrected chi connectivity index (χ1v) is 6.65. The number of benzene rings is 1. The molecular formula is C15H18FN3. The molecule has 1 fully saturated rings. The van der Waals surface area contributed by atoms with E-state index < -0.39 is 0 Å². The summed E-state index contributed by atoms with van der Waals surface area (Å²) in [6, 6.07) is 7.28. The van der Waals surface area contributed by atoms with E-state index in [-0.39, 0.29) is 5.82 Å². The molecule has 1 aromatic carbocycles. The van der Waals surface area contributed by atoms with Gasteiger partial charge in [0.1, 0.15) is 5.82 Å². The van der Waals surface area contributed by atoms with E-state index in [9.17, 15) is 4.39 Å². The molecule has 2 heterocycles. The fourth-order valence-electron chi connectivity index (χ4n) is 2.70. The number of hydrogen-bond donors (Lipinski definition) is 1.